The zero-order chi connectivity index (χ0) is 21.4. The number of nitrogens with one attached hydrogen (secondary N) is 1. The van der Waals surface area contributed by atoms with Crippen LogP contribution in [0.15, 0.2) is 73.1 Å². The molecule has 1 amide bonds. The number of primary amides is 1. The number of nitrogens with zero attached hydrogens (tertiary/aromatic N) is 4. The van der Waals surface area contributed by atoms with Crippen LogP contribution in [0.3, 0.4) is 0 Å². The van der Waals surface area contributed by atoms with Crippen LogP contribution in [0.1, 0.15) is 16.1 Å². The lowest BCUT2D eigenvalue weighted by Crippen LogP contribution is -2.10. The van der Waals surface area contributed by atoms with E-state index >= 15 is 0 Å². The van der Waals surface area contributed by atoms with Gasteiger partial charge in [-0.2, -0.15) is 0 Å². The van der Waals surface area contributed by atoms with Crippen molar-refractivity contribution in [3.63, 3.8) is 0 Å². The number of hydrogen-bond acceptors (Lipinski definition) is 5. The van der Waals surface area contributed by atoms with E-state index in [4.69, 9.17) is 10.7 Å². The van der Waals surface area contributed by atoms with Gasteiger partial charge >= 0.3 is 0 Å². The number of carbonyl (C=O) groups excluding carboxylic acids is 1. The lowest BCUT2D eigenvalue weighted by atomic mass is 10.1. The summed E-state index contributed by atoms with van der Waals surface area (Å²) in [6, 6.07) is 18.8. The Morgan fingerprint density at radius 1 is 0.871 bits per heavy atom. The fraction of sp³-hybridized carbons (Fsp3) is 0.0417. The molecule has 5 rings (SSSR count). The van der Waals surface area contributed by atoms with Gasteiger partial charge in [-0.25, -0.2) is 4.98 Å². The number of carbonyl (C=O) groups is 1. The number of amides is 1. The Balaban J connectivity index is 1.68. The second-order valence-corrected chi connectivity index (χ2v) is 7.17. The highest BCUT2D eigenvalue weighted by Gasteiger charge is 2.17. The van der Waals surface area contributed by atoms with E-state index in [0.29, 0.717) is 11.4 Å². The lowest BCUT2D eigenvalue weighted by Gasteiger charge is -2.04. The molecule has 0 aliphatic carbocycles. The number of pyridine rings is 1. The first-order chi connectivity index (χ1) is 15.1. The molecule has 0 saturated carbocycles. The first-order valence-electron chi connectivity index (χ1n) is 9.74. The molecule has 0 spiro atoms. The number of imidazole rings is 1. The Labute approximate surface area is 178 Å². The Kier molecular flexibility index (Phi) is 4.48. The van der Waals surface area contributed by atoms with Gasteiger partial charge in [0, 0.05) is 34.8 Å². The third kappa shape index (κ3) is 3.53. The third-order valence-electron chi connectivity index (χ3n) is 5.03. The molecule has 3 aromatic heterocycles. The van der Waals surface area contributed by atoms with Crippen LogP contribution in [0.5, 0.6) is 0 Å². The minimum atomic E-state index is -0.464. The molecule has 7 nitrogen and oxygen atoms in total. The molecule has 0 aliphatic heterocycles. The van der Waals surface area contributed by atoms with Crippen LogP contribution in [0.25, 0.3) is 45.1 Å². The van der Waals surface area contributed by atoms with Gasteiger partial charge in [0.15, 0.2) is 0 Å². The van der Waals surface area contributed by atoms with E-state index in [1.165, 1.54) is 0 Å². The number of aromatic nitrogens is 5. The molecule has 0 radical (unpaired) electrons. The van der Waals surface area contributed by atoms with Crippen molar-refractivity contribution in [3.05, 3.63) is 84.3 Å². The van der Waals surface area contributed by atoms with E-state index < -0.39 is 5.91 Å². The summed E-state index contributed by atoms with van der Waals surface area (Å²) in [5, 5.41) is 0. The highest BCUT2D eigenvalue weighted by molar-refractivity contribution is 5.93. The monoisotopic (exact) mass is 406 g/mol. The number of hydrogen-bond donors (Lipinski definition) is 2. The molecule has 31 heavy (non-hydrogen) atoms. The molecule has 0 bridgehead atoms. The maximum Gasteiger partial charge on any atom is 0.248 e. The summed E-state index contributed by atoms with van der Waals surface area (Å²) in [6.45, 7) is 1.95. The molecule has 3 heterocycles. The van der Waals surface area contributed by atoms with Crippen molar-refractivity contribution in [2.45, 2.75) is 6.92 Å². The molecule has 0 fully saturated rings. The topological polar surface area (TPSA) is 110 Å². The maximum atomic E-state index is 11.4. The zero-order valence-electron chi connectivity index (χ0n) is 16.7. The summed E-state index contributed by atoms with van der Waals surface area (Å²) in [6.07, 6.45) is 3.35. The quantitative estimate of drug-likeness (QED) is 0.466. The maximum absolute atomic E-state index is 11.4. The molecule has 5 aromatic rings. The van der Waals surface area contributed by atoms with E-state index in [2.05, 4.69) is 19.9 Å². The zero-order valence-corrected chi connectivity index (χ0v) is 16.7. The van der Waals surface area contributed by atoms with Crippen LogP contribution >= 0.6 is 0 Å². The van der Waals surface area contributed by atoms with Crippen LogP contribution in [0, 0.1) is 6.92 Å². The van der Waals surface area contributed by atoms with Gasteiger partial charge < -0.3 is 10.7 Å². The van der Waals surface area contributed by atoms with E-state index in [0.717, 1.165) is 44.9 Å². The summed E-state index contributed by atoms with van der Waals surface area (Å²) >= 11 is 0. The number of aromatic amines is 1. The van der Waals surface area contributed by atoms with Crippen molar-refractivity contribution in [2.24, 2.45) is 5.73 Å². The second-order valence-electron chi connectivity index (χ2n) is 7.17. The van der Waals surface area contributed by atoms with Gasteiger partial charge in [-0.05, 0) is 43.3 Å². The second kappa shape index (κ2) is 7.46. The SMILES string of the molecule is Cc1cccc(-c2[nH]c(-c3ccc(C(N)=O)cc3)nc2-c2ccc3nccnc3c2)n1. The minimum Gasteiger partial charge on any atom is -0.366 e. The summed E-state index contributed by atoms with van der Waals surface area (Å²) in [5.41, 5.74) is 12.4. The van der Waals surface area contributed by atoms with Crippen molar-refractivity contribution in [2.75, 3.05) is 0 Å². The molecule has 3 N–H and O–H groups in total. The molecule has 0 saturated heterocycles. The average Bonchev–Trinajstić information content (AvgIpc) is 3.24. The summed E-state index contributed by atoms with van der Waals surface area (Å²) in [5.74, 6) is 0.206. The number of benzene rings is 2. The number of aryl methyl sites for hydroxylation is 1. The molecular formula is C24H18N6O. The van der Waals surface area contributed by atoms with Gasteiger partial charge in [-0.15, -0.1) is 0 Å². The van der Waals surface area contributed by atoms with E-state index in [-0.39, 0.29) is 0 Å². The molecule has 0 aliphatic rings. The molecule has 0 atom stereocenters. The largest absolute Gasteiger partial charge is 0.366 e. The van der Waals surface area contributed by atoms with Gasteiger partial charge in [0.25, 0.3) is 0 Å². The molecule has 150 valence electrons. The smallest absolute Gasteiger partial charge is 0.248 e. The van der Waals surface area contributed by atoms with Crippen molar-refractivity contribution in [3.8, 4) is 34.0 Å². The van der Waals surface area contributed by atoms with Crippen LogP contribution in [0.2, 0.25) is 0 Å². The van der Waals surface area contributed by atoms with Crippen molar-refractivity contribution in [1.29, 1.82) is 0 Å². The fourth-order valence-electron chi connectivity index (χ4n) is 3.49. The number of H-pyrrole nitrogens is 1. The highest BCUT2D eigenvalue weighted by Crippen LogP contribution is 2.33. The molecule has 2 aromatic carbocycles. The third-order valence-corrected chi connectivity index (χ3v) is 5.03. The Morgan fingerprint density at radius 3 is 2.35 bits per heavy atom. The predicted molar refractivity (Wildman–Crippen MR) is 119 cm³/mol. The first-order valence-corrected chi connectivity index (χ1v) is 9.74. The Morgan fingerprint density at radius 2 is 1.61 bits per heavy atom. The normalized spacial score (nSPS) is 11.0. The van der Waals surface area contributed by atoms with Crippen molar-refractivity contribution < 1.29 is 4.79 Å². The number of nitrogens with two attached hydrogens (primary N) is 1. The number of rotatable bonds is 4. The van der Waals surface area contributed by atoms with Crippen LogP contribution < -0.4 is 5.73 Å². The van der Waals surface area contributed by atoms with Crippen molar-refractivity contribution in [1.82, 2.24) is 24.9 Å². The number of fused-ring (bicyclic) bond motifs is 1. The minimum absolute atomic E-state index is 0.448. The average molecular weight is 406 g/mol. The van der Waals surface area contributed by atoms with Crippen LogP contribution in [-0.4, -0.2) is 30.8 Å². The standard InChI is InChI=1S/C24H18N6O/c1-14-3-2-4-19(28-14)22-21(17-9-10-18-20(13-17)27-12-11-26-18)29-24(30-22)16-7-5-15(6-8-16)23(25)31/h2-13H,1H3,(H2,25,31)(H,29,30). The van der Waals surface area contributed by atoms with E-state index in [1.54, 1.807) is 24.5 Å². The van der Waals surface area contributed by atoms with E-state index in [1.807, 2.05) is 55.5 Å². The van der Waals surface area contributed by atoms with E-state index in [9.17, 15) is 4.79 Å². The fourth-order valence-corrected chi connectivity index (χ4v) is 3.49. The van der Waals surface area contributed by atoms with Crippen LogP contribution in [-0.2, 0) is 0 Å². The lowest BCUT2D eigenvalue weighted by molar-refractivity contribution is 0.100. The first kappa shape index (κ1) is 18.6. The van der Waals surface area contributed by atoms with Crippen molar-refractivity contribution >= 4 is 16.9 Å². The van der Waals surface area contributed by atoms with Crippen LogP contribution in [0.4, 0.5) is 0 Å². The Bertz CT molecular complexity index is 1420. The van der Waals surface area contributed by atoms with Gasteiger partial charge in [0.05, 0.1) is 28.1 Å². The highest BCUT2D eigenvalue weighted by atomic mass is 16.1. The summed E-state index contributed by atoms with van der Waals surface area (Å²) in [4.78, 5) is 33.1. The predicted octanol–water partition coefficient (Wildman–Crippen LogP) is 4.16. The van der Waals surface area contributed by atoms with Gasteiger partial charge in [-0.1, -0.05) is 24.3 Å². The molecule has 7 heteroatoms. The summed E-state index contributed by atoms with van der Waals surface area (Å²) in [7, 11) is 0. The van der Waals surface area contributed by atoms with Gasteiger partial charge in [0.2, 0.25) is 5.91 Å². The molecule has 0 unspecified atom stereocenters. The molecular weight excluding hydrogens is 388 g/mol. The summed E-state index contributed by atoms with van der Waals surface area (Å²) < 4.78 is 0. The van der Waals surface area contributed by atoms with Gasteiger partial charge in [0.1, 0.15) is 5.82 Å². The van der Waals surface area contributed by atoms with Gasteiger partial charge in [-0.3, -0.25) is 19.7 Å². The Hall–Kier alpha value is -4.39.